The Labute approximate surface area is 129 Å². The number of nitrogens with one attached hydrogen (secondary N) is 1. The summed E-state index contributed by atoms with van der Waals surface area (Å²) >= 11 is 0. The number of rotatable bonds is 6. The maximum absolute atomic E-state index is 11.9. The molecule has 0 radical (unpaired) electrons. The van der Waals surface area contributed by atoms with E-state index in [0.29, 0.717) is 17.7 Å². The highest BCUT2D eigenvalue weighted by Crippen LogP contribution is 2.15. The molecule has 0 bridgehead atoms. The molecule has 22 heavy (non-hydrogen) atoms. The Morgan fingerprint density at radius 2 is 1.73 bits per heavy atom. The van der Waals surface area contributed by atoms with E-state index in [2.05, 4.69) is 5.32 Å². The van der Waals surface area contributed by atoms with E-state index in [4.69, 9.17) is 10.5 Å². The SMILES string of the molecule is CNC(Cc1ccc(OC(=O)c2ccccc2)cc1)C(N)=O. The second kappa shape index (κ2) is 7.38. The van der Waals surface area contributed by atoms with Gasteiger partial charge in [-0.05, 0) is 43.3 Å². The molecular weight excluding hydrogens is 280 g/mol. The molecule has 114 valence electrons. The van der Waals surface area contributed by atoms with Crippen LogP contribution in [0.5, 0.6) is 5.75 Å². The van der Waals surface area contributed by atoms with Gasteiger partial charge in [0.25, 0.3) is 0 Å². The third-order valence-electron chi connectivity index (χ3n) is 3.28. The van der Waals surface area contributed by atoms with Gasteiger partial charge >= 0.3 is 5.97 Å². The standard InChI is InChI=1S/C17H18N2O3/c1-19-15(16(18)20)11-12-7-9-14(10-8-12)22-17(21)13-5-3-2-4-6-13/h2-10,15,19H,11H2,1H3,(H2,18,20). The average Bonchev–Trinajstić information content (AvgIpc) is 2.54. The number of amides is 1. The first-order chi connectivity index (χ1) is 10.6. The van der Waals surface area contributed by atoms with E-state index in [9.17, 15) is 9.59 Å². The van der Waals surface area contributed by atoms with Crippen molar-refractivity contribution in [2.75, 3.05) is 7.05 Å². The minimum atomic E-state index is -0.419. The number of hydrogen-bond donors (Lipinski definition) is 2. The molecule has 2 aromatic carbocycles. The zero-order valence-electron chi connectivity index (χ0n) is 12.3. The second-order valence-electron chi connectivity index (χ2n) is 4.85. The molecule has 1 unspecified atom stereocenters. The molecule has 0 aliphatic heterocycles. The Morgan fingerprint density at radius 1 is 1.09 bits per heavy atom. The van der Waals surface area contributed by atoms with Gasteiger partial charge in [0, 0.05) is 0 Å². The molecule has 0 saturated carbocycles. The molecule has 0 aliphatic carbocycles. The predicted molar refractivity (Wildman–Crippen MR) is 83.6 cm³/mol. The summed E-state index contributed by atoms with van der Waals surface area (Å²) in [4.78, 5) is 23.1. The van der Waals surface area contributed by atoms with E-state index in [1.165, 1.54) is 0 Å². The van der Waals surface area contributed by atoms with Crippen LogP contribution in [0.4, 0.5) is 0 Å². The van der Waals surface area contributed by atoms with E-state index < -0.39 is 17.9 Å². The van der Waals surface area contributed by atoms with Crippen LogP contribution in [0.25, 0.3) is 0 Å². The molecule has 5 heteroatoms. The lowest BCUT2D eigenvalue weighted by molar-refractivity contribution is -0.119. The first kappa shape index (κ1) is 15.7. The van der Waals surface area contributed by atoms with Crippen molar-refractivity contribution in [2.24, 2.45) is 5.73 Å². The summed E-state index contributed by atoms with van der Waals surface area (Å²) in [6.07, 6.45) is 0.485. The molecule has 0 aliphatic rings. The molecule has 0 saturated heterocycles. The highest BCUT2D eigenvalue weighted by atomic mass is 16.5. The summed E-state index contributed by atoms with van der Waals surface area (Å²) in [6.45, 7) is 0. The Bertz CT molecular complexity index is 639. The number of esters is 1. The molecule has 0 aromatic heterocycles. The summed E-state index contributed by atoms with van der Waals surface area (Å²) < 4.78 is 5.29. The van der Waals surface area contributed by atoms with Crippen molar-refractivity contribution < 1.29 is 14.3 Å². The third kappa shape index (κ3) is 4.17. The van der Waals surface area contributed by atoms with Crippen LogP contribution in [0.1, 0.15) is 15.9 Å². The van der Waals surface area contributed by atoms with Crippen molar-refractivity contribution in [2.45, 2.75) is 12.5 Å². The van der Waals surface area contributed by atoms with Crippen molar-refractivity contribution in [1.29, 1.82) is 0 Å². The number of carbonyl (C=O) groups is 2. The van der Waals surface area contributed by atoms with Crippen molar-refractivity contribution in [3.63, 3.8) is 0 Å². The second-order valence-corrected chi connectivity index (χ2v) is 4.85. The Balaban J connectivity index is 2.00. The maximum atomic E-state index is 11.9. The Morgan fingerprint density at radius 3 is 2.27 bits per heavy atom. The van der Waals surface area contributed by atoms with Crippen LogP contribution in [-0.2, 0) is 11.2 Å². The number of likely N-dealkylation sites (N-methyl/N-ethyl adjacent to an activating group) is 1. The van der Waals surface area contributed by atoms with Crippen molar-refractivity contribution >= 4 is 11.9 Å². The van der Waals surface area contributed by atoms with Crippen molar-refractivity contribution in [3.05, 3.63) is 65.7 Å². The number of carbonyl (C=O) groups excluding carboxylic acids is 2. The first-order valence-corrected chi connectivity index (χ1v) is 6.93. The molecule has 0 spiro atoms. The molecule has 2 aromatic rings. The van der Waals surface area contributed by atoms with E-state index in [-0.39, 0.29) is 0 Å². The summed E-state index contributed by atoms with van der Waals surface area (Å²) in [7, 11) is 1.69. The average molecular weight is 298 g/mol. The monoisotopic (exact) mass is 298 g/mol. The third-order valence-corrected chi connectivity index (χ3v) is 3.28. The molecule has 5 nitrogen and oxygen atoms in total. The highest BCUT2D eigenvalue weighted by molar-refractivity contribution is 5.90. The van der Waals surface area contributed by atoms with Gasteiger partial charge in [0.05, 0.1) is 11.6 Å². The van der Waals surface area contributed by atoms with Gasteiger partial charge in [0.15, 0.2) is 0 Å². The maximum Gasteiger partial charge on any atom is 0.343 e. The lowest BCUT2D eigenvalue weighted by atomic mass is 10.1. The van der Waals surface area contributed by atoms with Gasteiger partial charge < -0.3 is 15.8 Å². The fourth-order valence-corrected chi connectivity index (χ4v) is 2.01. The van der Waals surface area contributed by atoms with E-state index >= 15 is 0 Å². The van der Waals surface area contributed by atoms with Gasteiger partial charge in [0.2, 0.25) is 5.91 Å². The van der Waals surface area contributed by atoms with Gasteiger partial charge in [-0.1, -0.05) is 30.3 Å². The van der Waals surface area contributed by atoms with Gasteiger partial charge in [-0.2, -0.15) is 0 Å². The van der Waals surface area contributed by atoms with Gasteiger partial charge in [-0.3, -0.25) is 4.79 Å². The highest BCUT2D eigenvalue weighted by Gasteiger charge is 2.13. The smallest absolute Gasteiger partial charge is 0.343 e. The minimum Gasteiger partial charge on any atom is -0.423 e. The zero-order chi connectivity index (χ0) is 15.9. The van der Waals surface area contributed by atoms with Crippen molar-refractivity contribution in [1.82, 2.24) is 5.32 Å². The van der Waals surface area contributed by atoms with Gasteiger partial charge in [-0.15, -0.1) is 0 Å². The largest absolute Gasteiger partial charge is 0.423 e. The number of benzene rings is 2. The summed E-state index contributed by atoms with van der Waals surface area (Å²) in [5.41, 5.74) is 6.71. The molecule has 2 rings (SSSR count). The molecule has 1 amide bonds. The predicted octanol–water partition coefficient (Wildman–Crippen LogP) is 1.52. The van der Waals surface area contributed by atoms with Crippen LogP contribution >= 0.6 is 0 Å². The van der Waals surface area contributed by atoms with Crippen LogP contribution in [0.3, 0.4) is 0 Å². The van der Waals surface area contributed by atoms with E-state index in [1.54, 1.807) is 55.6 Å². The van der Waals surface area contributed by atoms with Crippen LogP contribution in [0, 0.1) is 0 Å². The van der Waals surface area contributed by atoms with Crippen LogP contribution < -0.4 is 15.8 Å². The van der Waals surface area contributed by atoms with Gasteiger partial charge in [0.1, 0.15) is 5.75 Å². The quantitative estimate of drug-likeness (QED) is 0.626. The number of nitrogens with two attached hydrogens (primary N) is 1. The van der Waals surface area contributed by atoms with Crippen LogP contribution in [-0.4, -0.2) is 25.0 Å². The molecule has 1 atom stereocenters. The fourth-order valence-electron chi connectivity index (χ4n) is 2.01. The summed E-state index contributed by atoms with van der Waals surface area (Å²) in [5, 5.41) is 2.86. The molecule has 0 heterocycles. The summed E-state index contributed by atoms with van der Waals surface area (Å²) in [6, 6.07) is 15.4. The Hall–Kier alpha value is -2.66. The molecule has 3 N–H and O–H groups in total. The Kier molecular flexibility index (Phi) is 5.27. The van der Waals surface area contributed by atoms with Gasteiger partial charge in [-0.25, -0.2) is 4.79 Å². The van der Waals surface area contributed by atoms with Crippen LogP contribution in [0.15, 0.2) is 54.6 Å². The molecular formula is C17H18N2O3. The lowest BCUT2D eigenvalue weighted by Crippen LogP contribution is -2.40. The normalized spacial score (nSPS) is 11.7. The lowest BCUT2D eigenvalue weighted by Gasteiger charge is -2.12. The number of primary amides is 1. The number of ether oxygens (including phenoxy) is 1. The van der Waals surface area contributed by atoms with Crippen LogP contribution in [0.2, 0.25) is 0 Å². The molecule has 0 fully saturated rings. The first-order valence-electron chi connectivity index (χ1n) is 6.93. The van der Waals surface area contributed by atoms with E-state index in [0.717, 1.165) is 5.56 Å². The fraction of sp³-hybridized carbons (Fsp3) is 0.176. The number of hydrogen-bond acceptors (Lipinski definition) is 4. The summed E-state index contributed by atoms with van der Waals surface area (Å²) in [5.74, 6) is -0.349. The minimum absolute atomic E-state index is 0.401. The zero-order valence-corrected chi connectivity index (χ0v) is 12.3. The van der Waals surface area contributed by atoms with Crippen molar-refractivity contribution in [3.8, 4) is 5.75 Å². The topological polar surface area (TPSA) is 81.4 Å². The van der Waals surface area contributed by atoms with E-state index in [1.807, 2.05) is 6.07 Å².